The fourth-order valence-electron chi connectivity index (χ4n) is 1.53. The molecule has 0 amide bonds. The van der Waals surface area contributed by atoms with Crippen molar-refractivity contribution in [3.05, 3.63) is 27.2 Å². The average Bonchev–Trinajstić information content (AvgIpc) is 2.23. The highest BCUT2D eigenvalue weighted by Gasteiger charge is 2.11. The molecule has 84 valence electrons. The van der Waals surface area contributed by atoms with E-state index in [4.69, 9.17) is 9.57 Å². The Morgan fingerprint density at radius 3 is 2.53 bits per heavy atom. The smallest absolute Gasteiger partial charge is 0.133 e. The number of nitrogens with one attached hydrogen (secondary N) is 1. The lowest BCUT2D eigenvalue weighted by Gasteiger charge is -2.14. The first-order valence-corrected chi connectivity index (χ1v) is 5.49. The Morgan fingerprint density at radius 2 is 2.00 bits per heavy atom. The SMILES string of the molecule is CONCc1c(C)cc(OC)c(Br)c1C. The molecule has 0 aliphatic heterocycles. The Morgan fingerprint density at radius 1 is 1.33 bits per heavy atom. The van der Waals surface area contributed by atoms with Crippen LogP contribution in [0.1, 0.15) is 16.7 Å². The molecule has 0 aliphatic carbocycles. The van der Waals surface area contributed by atoms with Crippen molar-refractivity contribution in [1.29, 1.82) is 0 Å². The molecule has 1 aromatic carbocycles. The van der Waals surface area contributed by atoms with Crippen LogP contribution in [0.5, 0.6) is 5.75 Å². The van der Waals surface area contributed by atoms with Crippen LogP contribution in [0.2, 0.25) is 0 Å². The second kappa shape index (κ2) is 5.49. The molecule has 0 atom stereocenters. The van der Waals surface area contributed by atoms with Crippen LogP contribution in [0, 0.1) is 13.8 Å². The first kappa shape index (κ1) is 12.5. The van der Waals surface area contributed by atoms with Crippen molar-refractivity contribution in [2.24, 2.45) is 0 Å². The van der Waals surface area contributed by atoms with Crippen LogP contribution in [-0.4, -0.2) is 14.2 Å². The van der Waals surface area contributed by atoms with Crippen LogP contribution in [0.25, 0.3) is 0 Å². The molecule has 0 aromatic heterocycles. The largest absolute Gasteiger partial charge is 0.496 e. The number of ether oxygens (including phenoxy) is 1. The van der Waals surface area contributed by atoms with Gasteiger partial charge < -0.3 is 9.57 Å². The predicted octanol–water partition coefficient (Wildman–Crippen LogP) is 2.73. The van der Waals surface area contributed by atoms with Gasteiger partial charge in [-0.3, -0.25) is 0 Å². The minimum Gasteiger partial charge on any atom is -0.496 e. The number of hydroxylamine groups is 1. The van der Waals surface area contributed by atoms with E-state index in [0.717, 1.165) is 10.2 Å². The summed E-state index contributed by atoms with van der Waals surface area (Å²) in [6.07, 6.45) is 0. The summed E-state index contributed by atoms with van der Waals surface area (Å²) < 4.78 is 6.27. The summed E-state index contributed by atoms with van der Waals surface area (Å²) >= 11 is 3.52. The minimum atomic E-state index is 0.691. The highest BCUT2D eigenvalue weighted by molar-refractivity contribution is 9.10. The molecule has 1 N–H and O–H groups in total. The summed E-state index contributed by atoms with van der Waals surface area (Å²) in [5.74, 6) is 0.867. The fourth-order valence-corrected chi connectivity index (χ4v) is 2.04. The zero-order chi connectivity index (χ0) is 11.4. The van der Waals surface area contributed by atoms with Gasteiger partial charge in [-0.2, -0.15) is 5.48 Å². The molecule has 0 saturated carbocycles. The zero-order valence-electron chi connectivity index (χ0n) is 9.48. The summed E-state index contributed by atoms with van der Waals surface area (Å²) in [5, 5.41) is 0. The molecule has 1 rings (SSSR count). The summed E-state index contributed by atoms with van der Waals surface area (Å²) in [5.41, 5.74) is 6.44. The van der Waals surface area contributed by atoms with Crippen molar-refractivity contribution in [2.75, 3.05) is 14.2 Å². The third-order valence-electron chi connectivity index (χ3n) is 2.44. The summed E-state index contributed by atoms with van der Waals surface area (Å²) in [6.45, 7) is 4.82. The Kier molecular flexibility index (Phi) is 4.57. The lowest BCUT2D eigenvalue weighted by atomic mass is 10.0. The van der Waals surface area contributed by atoms with Gasteiger partial charge in [-0.15, -0.1) is 0 Å². The van der Waals surface area contributed by atoms with Crippen molar-refractivity contribution in [3.63, 3.8) is 0 Å². The molecule has 3 nitrogen and oxygen atoms in total. The molecular weight excluding hydrogens is 258 g/mol. The second-order valence-electron chi connectivity index (χ2n) is 3.34. The first-order valence-electron chi connectivity index (χ1n) is 4.70. The van der Waals surface area contributed by atoms with Crippen LogP contribution in [0.3, 0.4) is 0 Å². The molecule has 0 unspecified atom stereocenters. The highest BCUT2D eigenvalue weighted by Crippen LogP contribution is 2.32. The van der Waals surface area contributed by atoms with E-state index in [-0.39, 0.29) is 0 Å². The van der Waals surface area contributed by atoms with Gasteiger partial charge in [0.25, 0.3) is 0 Å². The van der Waals surface area contributed by atoms with Gasteiger partial charge in [-0.1, -0.05) is 0 Å². The van der Waals surface area contributed by atoms with E-state index in [2.05, 4.69) is 35.3 Å². The zero-order valence-corrected chi connectivity index (χ0v) is 11.1. The van der Waals surface area contributed by atoms with Crippen molar-refractivity contribution >= 4 is 15.9 Å². The van der Waals surface area contributed by atoms with E-state index < -0.39 is 0 Å². The van der Waals surface area contributed by atoms with Crippen molar-refractivity contribution in [1.82, 2.24) is 5.48 Å². The van der Waals surface area contributed by atoms with Gasteiger partial charge in [0.2, 0.25) is 0 Å². The number of aryl methyl sites for hydroxylation is 1. The Balaban J connectivity index is 3.11. The molecule has 1 aromatic rings. The summed E-state index contributed by atoms with van der Waals surface area (Å²) in [7, 11) is 3.29. The summed E-state index contributed by atoms with van der Waals surface area (Å²) in [4.78, 5) is 4.86. The van der Waals surface area contributed by atoms with Gasteiger partial charge in [-0.05, 0) is 52.5 Å². The number of hydrogen-bond acceptors (Lipinski definition) is 3. The van der Waals surface area contributed by atoms with Crippen molar-refractivity contribution in [2.45, 2.75) is 20.4 Å². The van der Waals surface area contributed by atoms with Crippen LogP contribution >= 0.6 is 15.9 Å². The lowest BCUT2D eigenvalue weighted by Crippen LogP contribution is -2.13. The standard InChI is InChI=1S/C11H16BrNO2/c1-7-5-10(14-3)11(12)8(2)9(7)6-13-15-4/h5,13H,6H2,1-4H3. The summed E-state index contributed by atoms with van der Waals surface area (Å²) in [6, 6.07) is 2.02. The Bertz CT molecular complexity index is 353. The third kappa shape index (κ3) is 2.71. The maximum Gasteiger partial charge on any atom is 0.133 e. The number of rotatable bonds is 4. The number of hydrogen-bond donors (Lipinski definition) is 1. The quantitative estimate of drug-likeness (QED) is 0.856. The van der Waals surface area contributed by atoms with E-state index in [1.807, 2.05) is 6.07 Å². The predicted molar refractivity (Wildman–Crippen MR) is 64.0 cm³/mol. The fraction of sp³-hybridized carbons (Fsp3) is 0.455. The van der Waals surface area contributed by atoms with Crippen LogP contribution in [-0.2, 0) is 11.4 Å². The van der Waals surface area contributed by atoms with E-state index >= 15 is 0 Å². The lowest BCUT2D eigenvalue weighted by molar-refractivity contribution is 0.0864. The molecule has 15 heavy (non-hydrogen) atoms. The molecule has 0 fully saturated rings. The molecule has 0 heterocycles. The Labute approximate surface area is 98.9 Å². The van der Waals surface area contributed by atoms with E-state index in [9.17, 15) is 0 Å². The van der Waals surface area contributed by atoms with Crippen molar-refractivity contribution in [3.8, 4) is 5.75 Å². The molecule has 0 radical (unpaired) electrons. The molecule has 4 heteroatoms. The van der Waals surface area contributed by atoms with Crippen LogP contribution in [0.4, 0.5) is 0 Å². The van der Waals surface area contributed by atoms with Gasteiger partial charge in [0, 0.05) is 6.54 Å². The third-order valence-corrected chi connectivity index (χ3v) is 3.42. The average molecular weight is 274 g/mol. The van der Waals surface area contributed by atoms with Gasteiger partial charge in [0.15, 0.2) is 0 Å². The second-order valence-corrected chi connectivity index (χ2v) is 4.13. The number of halogens is 1. The Hall–Kier alpha value is -0.580. The highest BCUT2D eigenvalue weighted by atomic mass is 79.9. The van der Waals surface area contributed by atoms with Gasteiger partial charge >= 0.3 is 0 Å². The molecule has 0 aliphatic rings. The molecule has 0 spiro atoms. The van der Waals surface area contributed by atoms with Gasteiger partial charge in [-0.25, -0.2) is 0 Å². The number of benzene rings is 1. The van der Waals surface area contributed by atoms with E-state index in [0.29, 0.717) is 6.54 Å². The van der Waals surface area contributed by atoms with Crippen molar-refractivity contribution < 1.29 is 9.57 Å². The van der Waals surface area contributed by atoms with Crippen LogP contribution in [0.15, 0.2) is 10.5 Å². The normalized spacial score (nSPS) is 10.5. The monoisotopic (exact) mass is 273 g/mol. The van der Waals surface area contributed by atoms with E-state index in [1.165, 1.54) is 16.7 Å². The maximum absolute atomic E-state index is 5.27. The minimum absolute atomic E-state index is 0.691. The molecular formula is C11H16BrNO2. The topological polar surface area (TPSA) is 30.5 Å². The van der Waals surface area contributed by atoms with Gasteiger partial charge in [0.1, 0.15) is 5.75 Å². The number of methoxy groups -OCH3 is 1. The molecule has 0 bridgehead atoms. The maximum atomic E-state index is 5.27. The van der Waals surface area contributed by atoms with Gasteiger partial charge in [0.05, 0.1) is 18.7 Å². The molecule has 0 saturated heterocycles. The van der Waals surface area contributed by atoms with E-state index in [1.54, 1.807) is 14.2 Å². The van der Waals surface area contributed by atoms with Crippen LogP contribution < -0.4 is 10.2 Å². The first-order chi connectivity index (χ1) is 7.11.